The zero-order valence-corrected chi connectivity index (χ0v) is 10.7. The van der Waals surface area contributed by atoms with Crippen molar-refractivity contribution in [3.63, 3.8) is 0 Å². The third-order valence-electron chi connectivity index (χ3n) is 3.00. The van der Waals surface area contributed by atoms with Crippen molar-refractivity contribution in [2.24, 2.45) is 0 Å². The van der Waals surface area contributed by atoms with E-state index in [2.05, 4.69) is 10.4 Å². The summed E-state index contributed by atoms with van der Waals surface area (Å²) < 4.78 is 6.71. The van der Waals surface area contributed by atoms with Crippen molar-refractivity contribution in [1.29, 1.82) is 0 Å². The van der Waals surface area contributed by atoms with Gasteiger partial charge in [0.2, 0.25) is 5.91 Å². The minimum absolute atomic E-state index is 0.0214. The summed E-state index contributed by atoms with van der Waals surface area (Å²) in [6, 6.07) is 1.34. The van der Waals surface area contributed by atoms with Crippen LogP contribution in [0.5, 0.6) is 0 Å². The summed E-state index contributed by atoms with van der Waals surface area (Å²) in [5.74, 6) is -0.471. The van der Waals surface area contributed by atoms with Crippen LogP contribution in [0.25, 0.3) is 0 Å². The summed E-state index contributed by atoms with van der Waals surface area (Å²) in [7, 11) is 0. The number of aryl methyl sites for hydroxylation is 1. The van der Waals surface area contributed by atoms with Crippen molar-refractivity contribution in [3.8, 4) is 0 Å². The Hall–Kier alpha value is -1.96. The quantitative estimate of drug-likeness (QED) is 0.615. The van der Waals surface area contributed by atoms with Gasteiger partial charge in [0.15, 0.2) is 0 Å². The Morgan fingerprint density at radius 1 is 1.74 bits per heavy atom. The summed E-state index contributed by atoms with van der Waals surface area (Å²) in [6.07, 6.45) is 2.05. The lowest BCUT2D eigenvalue weighted by molar-refractivity contribution is -0.389. The normalized spacial score (nSPS) is 18.5. The van der Waals surface area contributed by atoms with E-state index in [1.54, 1.807) is 6.92 Å². The molecule has 0 unspecified atom stereocenters. The van der Waals surface area contributed by atoms with Gasteiger partial charge in [0, 0.05) is 13.2 Å². The molecule has 2 heterocycles. The highest BCUT2D eigenvalue weighted by Gasteiger charge is 2.19. The predicted octanol–water partition coefficient (Wildman–Crippen LogP) is 0.395. The van der Waals surface area contributed by atoms with Crippen LogP contribution in [0.4, 0.5) is 5.82 Å². The molecule has 0 aliphatic carbocycles. The Morgan fingerprint density at radius 3 is 3.11 bits per heavy atom. The van der Waals surface area contributed by atoms with Gasteiger partial charge in [-0.25, -0.2) is 0 Å². The minimum atomic E-state index is -0.576. The maximum atomic E-state index is 11.7. The molecule has 1 amide bonds. The summed E-state index contributed by atoms with van der Waals surface area (Å²) >= 11 is 0. The van der Waals surface area contributed by atoms with Crippen molar-refractivity contribution in [2.45, 2.75) is 32.4 Å². The van der Waals surface area contributed by atoms with E-state index in [9.17, 15) is 14.9 Å². The van der Waals surface area contributed by atoms with Gasteiger partial charge in [0.05, 0.1) is 23.0 Å². The van der Waals surface area contributed by atoms with Crippen molar-refractivity contribution in [1.82, 2.24) is 15.1 Å². The molecule has 0 radical (unpaired) electrons. The number of carbonyl (C=O) groups excluding carboxylic acids is 1. The van der Waals surface area contributed by atoms with Gasteiger partial charge in [0.1, 0.15) is 6.54 Å². The standard InChI is InChI=1S/C11H16N4O4/c1-8-5-10(15(17)18)13-14(8)7-11(16)12-6-9-3-2-4-19-9/h5,9H,2-4,6-7H2,1H3,(H,12,16)/t9-/m0/s1. The van der Waals surface area contributed by atoms with Gasteiger partial charge in [-0.05, 0) is 24.7 Å². The van der Waals surface area contributed by atoms with Gasteiger partial charge in [0.25, 0.3) is 0 Å². The van der Waals surface area contributed by atoms with E-state index in [0.717, 1.165) is 19.4 Å². The fourth-order valence-corrected chi connectivity index (χ4v) is 1.97. The molecule has 1 aromatic heterocycles. The van der Waals surface area contributed by atoms with Gasteiger partial charge in [-0.3, -0.25) is 4.79 Å². The molecule has 1 saturated heterocycles. The van der Waals surface area contributed by atoms with E-state index in [4.69, 9.17) is 4.74 Å². The van der Waals surface area contributed by atoms with Gasteiger partial charge in [-0.2, -0.15) is 4.68 Å². The number of nitrogens with one attached hydrogen (secondary N) is 1. The summed E-state index contributed by atoms with van der Waals surface area (Å²) in [4.78, 5) is 21.7. The SMILES string of the molecule is Cc1cc([N+](=O)[O-])nn1CC(=O)NC[C@@H]1CCCO1. The van der Waals surface area contributed by atoms with E-state index in [1.165, 1.54) is 10.7 Å². The molecule has 2 rings (SSSR count). The fourth-order valence-electron chi connectivity index (χ4n) is 1.97. The third kappa shape index (κ3) is 3.50. The average Bonchev–Trinajstić information content (AvgIpc) is 2.97. The largest absolute Gasteiger partial charge is 0.390 e. The van der Waals surface area contributed by atoms with Crippen LogP contribution in [0.3, 0.4) is 0 Å². The summed E-state index contributed by atoms with van der Waals surface area (Å²) in [5.41, 5.74) is 0.582. The van der Waals surface area contributed by atoms with Gasteiger partial charge in [-0.1, -0.05) is 0 Å². The number of ether oxygens (including phenoxy) is 1. The topological polar surface area (TPSA) is 99.3 Å². The van der Waals surface area contributed by atoms with E-state index in [1.807, 2.05) is 0 Å². The molecule has 0 aromatic carbocycles. The molecule has 0 spiro atoms. The van der Waals surface area contributed by atoms with Crippen LogP contribution in [0.2, 0.25) is 0 Å². The summed E-state index contributed by atoms with van der Waals surface area (Å²) in [6.45, 7) is 2.87. The Labute approximate surface area is 109 Å². The maximum absolute atomic E-state index is 11.7. The molecule has 8 heteroatoms. The molecular formula is C11H16N4O4. The molecule has 0 bridgehead atoms. The number of rotatable bonds is 5. The van der Waals surface area contributed by atoms with Crippen molar-refractivity contribution < 1.29 is 14.5 Å². The maximum Gasteiger partial charge on any atom is 0.390 e. The number of hydrogen-bond acceptors (Lipinski definition) is 5. The monoisotopic (exact) mass is 268 g/mol. The number of amides is 1. The number of hydrogen-bond donors (Lipinski definition) is 1. The minimum Gasteiger partial charge on any atom is -0.376 e. The van der Waals surface area contributed by atoms with E-state index < -0.39 is 4.92 Å². The van der Waals surface area contributed by atoms with E-state index in [0.29, 0.717) is 12.2 Å². The Balaban J connectivity index is 1.85. The lowest BCUT2D eigenvalue weighted by atomic mass is 10.2. The molecule has 1 aromatic rings. The molecule has 0 saturated carbocycles. The second kappa shape index (κ2) is 5.79. The molecular weight excluding hydrogens is 252 g/mol. The first-order valence-electron chi connectivity index (χ1n) is 6.13. The van der Waals surface area contributed by atoms with Crippen LogP contribution in [0.15, 0.2) is 6.07 Å². The van der Waals surface area contributed by atoms with Gasteiger partial charge >= 0.3 is 5.82 Å². The number of aromatic nitrogens is 2. The molecule has 8 nitrogen and oxygen atoms in total. The Kier molecular flexibility index (Phi) is 4.10. The van der Waals surface area contributed by atoms with Crippen molar-refractivity contribution in [3.05, 3.63) is 21.9 Å². The smallest absolute Gasteiger partial charge is 0.376 e. The zero-order valence-electron chi connectivity index (χ0n) is 10.7. The second-order valence-corrected chi connectivity index (χ2v) is 4.50. The lowest BCUT2D eigenvalue weighted by Crippen LogP contribution is -2.34. The highest BCUT2D eigenvalue weighted by atomic mass is 16.6. The van der Waals surface area contributed by atoms with Gasteiger partial charge < -0.3 is 20.2 Å². The first-order chi connectivity index (χ1) is 9.06. The first kappa shape index (κ1) is 13.5. The van der Waals surface area contributed by atoms with Gasteiger partial charge in [-0.15, -0.1) is 0 Å². The molecule has 1 N–H and O–H groups in total. The number of nitro groups is 1. The van der Waals surface area contributed by atoms with Crippen LogP contribution in [0, 0.1) is 17.0 Å². The first-order valence-corrected chi connectivity index (χ1v) is 6.13. The van der Waals surface area contributed by atoms with Crippen molar-refractivity contribution >= 4 is 11.7 Å². The molecule has 1 atom stereocenters. The molecule has 104 valence electrons. The van der Waals surface area contributed by atoms with Crippen LogP contribution in [0.1, 0.15) is 18.5 Å². The molecule has 1 fully saturated rings. The van der Waals surface area contributed by atoms with Crippen LogP contribution in [-0.2, 0) is 16.1 Å². The van der Waals surface area contributed by atoms with Crippen LogP contribution < -0.4 is 5.32 Å². The molecule has 19 heavy (non-hydrogen) atoms. The fraction of sp³-hybridized carbons (Fsp3) is 0.636. The number of nitrogens with zero attached hydrogens (tertiary/aromatic N) is 3. The van der Waals surface area contributed by atoms with E-state index >= 15 is 0 Å². The highest BCUT2D eigenvalue weighted by molar-refractivity contribution is 5.75. The number of carbonyl (C=O) groups is 1. The van der Waals surface area contributed by atoms with Crippen molar-refractivity contribution in [2.75, 3.05) is 13.2 Å². The zero-order chi connectivity index (χ0) is 13.8. The van der Waals surface area contributed by atoms with Crippen LogP contribution >= 0.6 is 0 Å². The predicted molar refractivity (Wildman–Crippen MR) is 65.6 cm³/mol. The lowest BCUT2D eigenvalue weighted by Gasteiger charge is -2.10. The second-order valence-electron chi connectivity index (χ2n) is 4.50. The Bertz CT molecular complexity index is 479. The molecule has 1 aliphatic rings. The van der Waals surface area contributed by atoms with Crippen LogP contribution in [-0.4, -0.2) is 39.9 Å². The summed E-state index contributed by atoms with van der Waals surface area (Å²) in [5, 5.41) is 17.1. The average molecular weight is 268 g/mol. The van der Waals surface area contributed by atoms with E-state index in [-0.39, 0.29) is 24.4 Å². The highest BCUT2D eigenvalue weighted by Crippen LogP contribution is 2.11. The Morgan fingerprint density at radius 2 is 2.53 bits per heavy atom. The third-order valence-corrected chi connectivity index (χ3v) is 3.00. The molecule has 1 aliphatic heterocycles.